The highest BCUT2D eigenvalue weighted by Crippen LogP contribution is 2.31. The van der Waals surface area contributed by atoms with Crippen LogP contribution in [0, 0.1) is 0 Å². The highest BCUT2D eigenvalue weighted by molar-refractivity contribution is 8.03. The molecule has 0 saturated heterocycles. The Morgan fingerprint density at radius 2 is 1.78 bits per heavy atom. The van der Waals surface area contributed by atoms with Gasteiger partial charge in [0.15, 0.2) is 11.6 Å². The summed E-state index contributed by atoms with van der Waals surface area (Å²) >= 11 is 1.54. The van der Waals surface area contributed by atoms with Gasteiger partial charge in [-0.2, -0.15) is 0 Å². The predicted octanol–water partition coefficient (Wildman–Crippen LogP) is 3.18. The number of carbonyl (C=O) groups excluding carboxylic acids is 2. The lowest BCUT2D eigenvalue weighted by Crippen LogP contribution is -2.22. The Bertz CT molecular complexity index is 623. The van der Waals surface area contributed by atoms with E-state index in [1.54, 1.807) is 36.0 Å². The minimum Gasteiger partial charge on any atom is -0.289 e. The fourth-order valence-corrected chi connectivity index (χ4v) is 2.96. The topological polar surface area (TPSA) is 34.1 Å². The minimum absolute atomic E-state index is 0.0392. The van der Waals surface area contributed by atoms with E-state index in [1.165, 1.54) is 6.08 Å². The number of Topliss-reactive ketones (excluding diaryl/α,β-unsaturated/α-hetero) is 1. The summed E-state index contributed by atoms with van der Waals surface area (Å²) in [6.45, 7) is 0. The number of fused-ring (bicyclic) bond motifs is 1. The molecular formula is C15H10O2S. The van der Waals surface area contributed by atoms with E-state index in [9.17, 15) is 9.59 Å². The molecule has 0 bridgehead atoms. The summed E-state index contributed by atoms with van der Waals surface area (Å²) in [5.74, 6) is -0.119. The summed E-state index contributed by atoms with van der Waals surface area (Å²) in [4.78, 5) is 24.4. The van der Waals surface area contributed by atoms with Crippen LogP contribution in [-0.4, -0.2) is 16.8 Å². The largest absolute Gasteiger partial charge is 0.289 e. The van der Waals surface area contributed by atoms with Crippen LogP contribution in [0.5, 0.6) is 0 Å². The van der Waals surface area contributed by atoms with E-state index in [-0.39, 0.29) is 16.8 Å². The molecule has 0 amide bonds. The van der Waals surface area contributed by atoms with Crippen LogP contribution in [0.1, 0.15) is 20.7 Å². The summed E-state index contributed by atoms with van der Waals surface area (Å²) in [5, 5.41) is 1.88. The minimum atomic E-state index is -0.0799. The van der Waals surface area contributed by atoms with Gasteiger partial charge in [-0.05, 0) is 11.5 Å². The van der Waals surface area contributed by atoms with Crippen LogP contribution < -0.4 is 0 Å². The fourth-order valence-electron chi connectivity index (χ4n) is 2.11. The molecule has 18 heavy (non-hydrogen) atoms. The summed E-state index contributed by atoms with van der Waals surface area (Å²) in [5.41, 5.74) is 1.60. The molecule has 0 N–H and O–H groups in total. The van der Waals surface area contributed by atoms with E-state index in [0.717, 1.165) is 0 Å². The lowest BCUT2D eigenvalue weighted by atomic mass is 9.88. The predicted molar refractivity (Wildman–Crippen MR) is 72.8 cm³/mol. The number of carbonyl (C=O) groups is 2. The molecular weight excluding hydrogens is 244 g/mol. The maximum atomic E-state index is 12.4. The van der Waals surface area contributed by atoms with E-state index in [0.29, 0.717) is 16.7 Å². The molecule has 0 fully saturated rings. The van der Waals surface area contributed by atoms with E-state index in [2.05, 4.69) is 0 Å². The lowest BCUT2D eigenvalue weighted by Gasteiger charge is -2.20. The van der Waals surface area contributed by atoms with Crippen LogP contribution in [0.2, 0.25) is 0 Å². The Morgan fingerprint density at radius 1 is 1.00 bits per heavy atom. The van der Waals surface area contributed by atoms with Crippen LogP contribution in [0.25, 0.3) is 0 Å². The van der Waals surface area contributed by atoms with Gasteiger partial charge in [-0.1, -0.05) is 42.5 Å². The smallest absolute Gasteiger partial charge is 0.191 e. The normalized spacial score (nSPS) is 21.8. The van der Waals surface area contributed by atoms with Gasteiger partial charge in [-0.3, -0.25) is 9.59 Å². The summed E-state index contributed by atoms with van der Waals surface area (Å²) in [7, 11) is 0. The fraction of sp³-hybridized carbons (Fsp3) is 0.0667. The zero-order chi connectivity index (χ0) is 12.5. The standard InChI is InChI=1S/C15H10O2S/c16-13-9-12(14-7-3-4-8-18-14)15(17)11-6-2-1-5-10(11)13/h1-9,14H. The number of allylic oxidation sites excluding steroid dienone is 3. The average Bonchev–Trinajstić information content (AvgIpc) is 2.44. The molecule has 0 radical (unpaired) electrons. The molecule has 1 aromatic rings. The molecule has 2 nitrogen and oxygen atoms in total. The van der Waals surface area contributed by atoms with E-state index < -0.39 is 0 Å². The van der Waals surface area contributed by atoms with Crippen molar-refractivity contribution in [2.45, 2.75) is 5.25 Å². The molecule has 1 aromatic carbocycles. The van der Waals surface area contributed by atoms with Gasteiger partial charge >= 0.3 is 0 Å². The molecule has 1 aliphatic carbocycles. The van der Waals surface area contributed by atoms with Crippen molar-refractivity contribution in [1.29, 1.82) is 0 Å². The molecule has 0 saturated carbocycles. The average molecular weight is 254 g/mol. The van der Waals surface area contributed by atoms with Crippen LogP contribution in [-0.2, 0) is 0 Å². The number of thioether (sulfide) groups is 1. The van der Waals surface area contributed by atoms with Crippen molar-refractivity contribution in [3.05, 3.63) is 70.7 Å². The zero-order valence-corrected chi connectivity index (χ0v) is 10.3. The Kier molecular flexibility index (Phi) is 2.76. The van der Waals surface area contributed by atoms with Crippen LogP contribution in [0.15, 0.2) is 59.6 Å². The zero-order valence-electron chi connectivity index (χ0n) is 9.50. The van der Waals surface area contributed by atoms with Gasteiger partial charge in [0.1, 0.15) is 0 Å². The van der Waals surface area contributed by atoms with Crippen molar-refractivity contribution in [2.75, 3.05) is 0 Å². The Hall–Kier alpha value is -1.87. The van der Waals surface area contributed by atoms with Crippen LogP contribution in [0.3, 0.4) is 0 Å². The highest BCUT2D eigenvalue weighted by Gasteiger charge is 2.29. The second-order valence-corrected chi connectivity index (χ2v) is 5.16. The molecule has 0 spiro atoms. The molecule has 1 heterocycles. The van der Waals surface area contributed by atoms with Gasteiger partial charge in [-0.25, -0.2) is 0 Å². The van der Waals surface area contributed by atoms with Gasteiger partial charge in [0.2, 0.25) is 0 Å². The molecule has 88 valence electrons. The first kappa shape index (κ1) is 11.2. The van der Waals surface area contributed by atoms with E-state index >= 15 is 0 Å². The maximum absolute atomic E-state index is 12.4. The third-order valence-corrected chi connectivity index (χ3v) is 4.01. The molecule has 3 heteroatoms. The first-order valence-electron chi connectivity index (χ1n) is 5.66. The van der Waals surface area contributed by atoms with Crippen molar-refractivity contribution in [2.24, 2.45) is 0 Å². The van der Waals surface area contributed by atoms with Gasteiger partial charge in [0, 0.05) is 16.7 Å². The third kappa shape index (κ3) is 1.77. The number of ketones is 2. The van der Waals surface area contributed by atoms with Crippen molar-refractivity contribution < 1.29 is 9.59 Å². The highest BCUT2D eigenvalue weighted by atomic mass is 32.2. The van der Waals surface area contributed by atoms with Crippen LogP contribution in [0.4, 0.5) is 0 Å². The first-order valence-corrected chi connectivity index (χ1v) is 6.60. The molecule has 1 atom stereocenters. The van der Waals surface area contributed by atoms with Crippen molar-refractivity contribution in [3.8, 4) is 0 Å². The lowest BCUT2D eigenvalue weighted by molar-refractivity contribution is 0.0983. The third-order valence-electron chi connectivity index (χ3n) is 2.99. The number of benzene rings is 1. The number of hydrogen-bond acceptors (Lipinski definition) is 3. The van der Waals surface area contributed by atoms with Gasteiger partial charge in [-0.15, -0.1) is 11.8 Å². The second kappa shape index (κ2) is 4.42. The maximum Gasteiger partial charge on any atom is 0.191 e. The second-order valence-electron chi connectivity index (χ2n) is 4.11. The van der Waals surface area contributed by atoms with Gasteiger partial charge in [0.25, 0.3) is 0 Å². The summed E-state index contributed by atoms with van der Waals surface area (Å²) < 4.78 is 0. The van der Waals surface area contributed by atoms with Gasteiger partial charge < -0.3 is 0 Å². The van der Waals surface area contributed by atoms with E-state index in [4.69, 9.17) is 0 Å². The molecule has 0 aromatic heterocycles. The number of rotatable bonds is 1. The Labute approximate surface area is 109 Å². The summed E-state index contributed by atoms with van der Waals surface area (Å²) in [6.07, 6.45) is 7.24. The number of hydrogen-bond donors (Lipinski definition) is 0. The van der Waals surface area contributed by atoms with Gasteiger partial charge in [0.05, 0.1) is 5.25 Å². The molecule has 1 unspecified atom stereocenters. The van der Waals surface area contributed by atoms with E-state index in [1.807, 2.05) is 23.6 Å². The Morgan fingerprint density at radius 3 is 2.50 bits per heavy atom. The molecule has 3 rings (SSSR count). The Balaban J connectivity index is 2.04. The monoisotopic (exact) mass is 254 g/mol. The molecule has 1 aliphatic heterocycles. The first-order chi connectivity index (χ1) is 8.77. The summed E-state index contributed by atoms with van der Waals surface area (Å²) in [6, 6.07) is 6.99. The van der Waals surface area contributed by atoms with Crippen LogP contribution >= 0.6 is 11.8 Å². The van der Waals surface area contributed by atoms with Crippen molar-refractivity contribution in [1.82, 2.24) is 0 Å². The molecule has 2 aliphatic rings. The quantitative estimate of drug-likeness (QED) is 0.772. The van der Waals surface area contributed by atoms with Crippen molar-refractivity contribution in [3.63, 3.8) is 0 Å². The SMILES string of the molecule is O=C1C=C(C2C=CC=CS2)C(=O)c2ccccc21. The van der Waals surface area contributed by atoms with Crippen molar-refractivity contribution >= 4 is 23.3 Å².